The first-order valence-electron chi connectivity index (χ1n) is 12.3. The summed E-state index contributed by atoms with van der Waals surface area (Å²) in [6.45, 7) is 1.62. The number of ether oxygens (including phenoxy) is 3. The Balaban J connectivity index is 1.33. The lowest BCUT2D eigenvalue weighted by Crippen LogP contribution is -2.34. The van der Waals surface area contributed by atoms with E-state index >= 15 is 0 Å². The lowest BCUT2D eigenvalue weighted by Gasteiger charge is -2.26. The van der Waals surface area contributed by atoms with E-state index in [0.29, 0.717) is 45.1 Å². The molecule has 0 unspecified atom stereocenters. The lowest BCUT2D eigenvalue weighted by molar-refractivity contribution is -0.123. The zero-order valence-electron chi connectivity index (χ0n) is 21.1. The molecule has 5 rings (SSSR count). The van der Waals surface area contributed by atoms with Crippen LogP contribution in [0.5, 0.6) is 17.2 Å². The third kappa shape index (κ3) is 4.89. The molecule has 0 saturated heterocycles. The molecule has 1 atom stereocenters. The molecule has 1 heterocycles. The monoisotopic (exact) mass is 499 g/mol. The van der Waals surface area contributed by atoms with Crippen LogP contribution < -0.4 is 25.0 Å². The third-order valence-electron chi connectivity index (χ3n) is 6.79. The molecule has 1 aromatic heterocycles. The van der Waals surface area contributed by atoms with Gasteiger partial charge in [-0.2, -0.15) is 0 Å². The smallest absolute Gasteiger partial charge is 0.258 e. The van der Waals surface area contributed by atoms with E-state index in [4.69, 9.17) is 18.6 Å². The van der Waals surface area contributed by atoms with Crippen LogP contribution in [0.3, 0.4) is 0 Å². The van der Waals surface area contributed by atoms with Gasteiger partial charge in [-0.1, -0.05) is 30.3 Å². The van der Waals surface area contributed by atoms with E-state index in [-0.39, 0.29) is 24.0 Å². The summed E-state index contributed by atoms with van der Waals surface area (Å²) in [7, 11) is 3.11. The predicted molar refractivity (Wildman–Crippen MR) is 142 cm³/mol. The van der Waals surface area contributed by atoms with Crippen LogP contribution in [0, 0.1) is 6.92 Å². The number of carbonyl (C=O) groups excluding carboxylic acids is 1. The van der Waals surface area contributed by atoms with E-state index < -0.39 is 0 Å². The van der Waals surface area contributed by atoms with Gasteiger partial charge in [0.25, 0.3) is 5.91 Å². The van der Waals surface area contributed by atoms with Crippen molar-refractivity contribution in [1.82, 2.24) is 5.32 Å². The molecule has 7 nitrogen and oxygen atoms in total. The fourth-order valence-corrected chi connectivity index (χ4v) is 4.99. The molecule has 190 valence electrons. The second kappa shape index (κ2) is 10.4. The summed E-state index contributed by atoms with van der Waals surface area (Å²) in [5.41, 5.74) is 3.82. The Hall–Kier alpha value is -4.26. The highest BCUT2D eigenvalue weighted by Crippen LogP contribution is 2.34. The molecule has 4 aromatic rings. The molecule has 1 amide bonds. The minimum Gasteiger partial charge on any atom is -0.493 e. The van der Waals surface area contributed by atoms with Crippen molar-refractivity contribution in [3.05, 3.63) is 87.8 Å². The van der Waals surface area contributed by atoms with E-state index in [9.17, 15) is 9.59 Å². The topological polar surface area (TPSA) is 87.0 Å². The van der Waals surface area contributed by atoms with Crippen molar-refractivity contribution in [1.29, 1.82) is 0 Å². The standard InChI is InChI=1S/C30H29NO6/c1-18-29(20-11-14-25(34-2)27(15-20)35-3)30(33)23-13-12-21(16-26(23)37-18)36-17-28(32)31-24-10-6-8-19-7-4-5-9-22(19)24/h4-5,7,9,11-16,24H,6,8,10,17H2,1-3H3,(H,31,32)/t24-/m0/s1. The fraction of sp³-hybridized carbons (Fsp3) is 0.267. The molecule has 0 bridgehead atoms. The van der Waals surface area contributed by atoms with Gasteiger partial charge >= 0.3 is 0 Å². The molecule has 0 fully saturated rings. The molecule has 1 N–H and O–H groups in total. The Bertz CT molecular complexity index is 1520. The van der Waals surface area contributed by atoms with Crippen molar-refractivity contribution in [2.24, 2.45) is 0 Å². The maximum Gasteiger partial charge on any atom is 0.258 e. The molecule has 0 saturated carbocycles. The van der Waals surface area contributed by atoms with Gasteiger partial charge in [0, 0.05) is 6.07 Å². The summed E-state index contributed by atoms with van der Waals surface area (Å²) in [5, 5.41) is 3.51. The molecule has 37 heavy (non-hydrogen) atoms. The van der Waals surface area contributed by atoms with E-state index in [1.807, 2.05) is 12.1 Å². The molecule has 0 radical (unpaired) electrons. The number of carbonyl (C=O) groups is 1. The molecule has 1 aliphatic carbocycles. The lowest BCUT2D eigenvalue weighted by atomic mass is 9.88. The van der Waals surface area contributed by atoms with Gasteiger partial charge in [0.15, 0.2) is 18.1 Å². The van der Waals surface area contributed by atoms with Gasteiger partial charge in [0.1, 0.15) is 17.1 Å². The third-order valence-corrected chi connectivity index (χ3v) is 6.79. The Morgan fingerprint density at radius 3 is 2.65 bits per heavy atom. The highest BCUT2D eigenvalue weighted by Gasteiger charge is 2.22. The van der Waals surface area contributed by atoms with Gasteiger partial charge in [-0.3, -0.25) is 9.59 Å². The number of methoxy groups -OCH3 is 2. The first-order valence-corrected chi connectivity index (χ1v) is 12.3. The number of amides is 1. The number of benzene rings is 3. The Morgan fingerprint density at radius 1 is 1.03 bits per heavy atom. The van der Waals surface area contributed by atoms with E-state index in [1.165, 1.54) is 11.1 Å². The van der Waals surface area contributed by atoms with Crippen LogP contribution >= 0.6 is 0 Å². The van der Waals surface area contributed by atoms with Crippen molar-refractivity contribution in [3.8, 4) is 28.4 Å². The quantitative estimate of drug-likeness (QED) is 0.369. The normalized spacial score (nSPS) is 14.6. The SMILES string of the molecule is COc1ccc(-c2c(C)oc3cc(OCC(=O)N[C@H]4CCCc5ccccc54)ccc3c2=O)cc1OC. The molecular formula is C30H29NO6. The minimum absolute atomic E-state index is 0.00618. The van der Waals surface area contributed by atoms with Crippen LogP contribution in [0.2, 0.25) is 0 Å². The summed E-state index contributed by atoms with van der Waals surface area (Å²) in [5.74, 6) is 1.83. The Morgan fingerprint density at radius 2 is 1.84 bits per heavy atom. The average Bonchev–Trinajstić information content (AvgIpc) is 2.92. The number of rotatable bonds is 7. The second-order valence-corrected chi connectivity index (χ2v) is 9.09. The number of hydrogen-bond donors (Lipinski definition) is 1. The summed E-state index contributed by atoms with van der Waals surface area (Å²) < 4.78 is 22.5. The number of nitrogens with one attached hydrogen (secondary N) is 1. The van der Waals surface area contributed by atoms with Crippen molar-refractivity contribution in [2.75, 3.05) is 20.8 Å². The predicted octanol–water partition coefficient (Wildman–Crippen LogP) is 5.36. The van der Waals surface area contributed by atoms with Gasteiger partial charge in [-0.15, -0.1) is 0 Å². The van der Waals surface area contributed by atoms with Gasteiger partial charge in [-0.25, -0.2) is 0 Å². The molecule has 0 spiro atoms. The molecule has 3 aromatic carbocycles. The molecule has 0 aliphatic heterocycles. The van der Waals surface area contributed by atoms with Crippen LogP contribution in [0.15, 0.2) is 69.9 Å². The van der Waals surface area contributed by atoms with Crippen LogP contribution in [-0.4, -0.2) is 26.7 Å². The first-order chi connectivity index (χ1) is 18.0. The fourth-order valence-electron chi connectivity index (χ4n) is 4.99. The summed E-state index contributed by atoms with van der Waals surface area (Å²) in [4.78, 5) is 26.0. The van der Waals surface area contributed by atoms with Gasteiger partial charge < -0.3 is 23.9 Å². The summed E-state index contributed by atoms with van der Waals surface area (Å²) in [6.07, 6.45) is 2.98. The minimum atomic E-state index is -0.191. The van der Waals surface area contributed by atoms with E-state index in [2.05, 4.69) is 17.4 Å². The van der Waals surface area contributed by atoms with Crippen LogP contribution in [0.1, 0.15) is 35.8 Å². The maximum atomic E-state index is 13.4. The largest absolute Gasteiger partial charge is 0.493 e. The second-order valence-electron chi connectivity index (χ2n) is 9.09. The average molecular weight is 500 g/mol. The van der Waals surface area contributed by atoms with E-state index in [1.54, 1.807) is 57.5 Å². The highest BCUT2D eigenvalue weighted by atomic mass is 16.5. The van der Waals surface area contributed by atoms with Crippen LogP contribution in [0.4, 0.5) is 0 Å². The number of aryl methyl sites for hydroxylation is 2. The number of hydrogen-bond acceptors (Lipinski definition) is 6. The zero-order chi connectivity index (χ0) is 25.9. The van der Waals surface area contributed by atoms with Crippen LogP contribution in [-0.2, 0) is 11.2 Å². The zero-order valence-corrected chi connectivity index (χ0v) is 21.1. The maximum absolute atomic E-state index is 13.4. The first kappa shape index (κ1) is 24.4. The Labute approximate surface area is 215 Å². The van der Waals surface area contributed by atoms with Crippen molar-refractivity contribution in [2.45, 2.75) is 32.2 Å². The van der Waals surface area contributed by atoms with Crippen molar-refractivity contribution >= 4 is 16.9 Å². The molecular weight excluding hydrogens is 470 g/mol. The van der Waals surface area contributed by atoms with Crippen molar-refractivity contribution in [3.63, 3.8) is 0 Å². The van der Waals surface area contributed by atoms with Gasteiger partial charge in [-0.05, 0) is 67.1 Å². The van der Waals surface area contributed by atoms with Gasteiger partial charge in [0.2, 0.25) is 5.43 Å². The number of fused-ring (bicyclic) bond motifs is 2. The molecule has 1 aliphatic rings. The van der Waals surface area contributed by atoms with Gasteiger partial charge in [0.05, 0.1) is 31.2 Å². The van der Waals surface area contributed by atoms with Crippen molar-refractivity contribution < 1.29 is 23.4 Å². The summed E-state index contributed by atoms with van der Waals surface area (Å²) in [6, 6.07) is 18.5. The Kier molecular flexibility index (Phi) is 6.86. The summed E-state index contributed by atoms with van der Waals surface area (Å²) >= 11 is 0. The van der Waals surface area contributed by atoms with E-state index in [0.717, 1.165) is 19.3 Å². The molecule has 7 heteroatoms. The highest BCUT2D eigenvalue weighted by molar-refractivity contribution is 5.84. The van der Waals surface area contributed by atoms with Crippen LogP contribution in [0.25, 0.3) is 22.1 Å².